The molecule has 0 spiro atoms. The van der Waals surface area contributed by atoms with Gasteiger partial charge in [-0.2, -0.15) is 0 Å². The third-order valence-corrected chi connectivity index (χ3v) is 4.03. The standard InChI is InChI=1S/C20H14F3NO4/c1-10(19(26)24-15-7-6-14(21)17(22)18(15)23)28-20(27)13-8-11-4-2-3-5-12(11)9-16(13)25/h2-10,25H,1H3,(H,24,26). The molecule has 0 bridgehead atoms. The Hall–Kier alpha value is -3.55. The van der Waals surface area contributed by atoms with Crippen LogP contribution in [-0.2, 0) is 9.53 Å². The summed E-state index contributed by atoms with van der Waals surface area (Å²) in [6, 6.07) is 11.3. The Morgan fingerprint density at radius 2 is 1.64 bits per heavy atom. The van der Waals surface area contributed by atoms with Gasteiger partial charge in [0.2, 0.25) is 0 Å². The lowest BCUT2D eigenvalue weighted by Gasteiger charge is -2.15. The van der Waals surface area contributed by atoms with Crippen LogP contribution in [0.2, 0.25) is 0 Å². The number of phenolic OH excluding ortho intramolecular Hbond substituents is 1. The van der Waals surface area contributed by atoms with Gasteiger partial charge in [-0.1, -0.05) is 24.3 Å². The first-order valence-electron chi connectivity index (χ1n) is 8.15. The van der Waals surface area contributed by atoms with Gasteiger partial charge in [-0.3, -0.25) is 4.79 Å². The molecule has 1 atom stereocenters. The summed E-state index contributed by atoms with van der Waals surface area (Å²) in [5, 5.41) is 13.4. The summed E-state index contributed by atoms with van der Waals surface area (Å²) in [4.78, 5) is 24.4. The molecule has 28 heavy (non-hydrogen) atoms. The van der Waals surface area contributed by atoms with E-state index in [0.717, 1.165) is 6.07 Å². The molecule has 144 valence electrons. The van der Waals surface area contributed by atoms with Gasteiger partial charge in [-0.05, 0) is 42.0 Å². The summed E-state index contributed by atoms with van der Waals surface area (Å²) in [6.07, 6.45) is -1.40. The molecule has 1 amide bonds. The molecule has 1 unspecified atom stereocenters. The van der Waals surface area contributed by atoms with Gasteiger partial charge in [-0.25, -0.2) is 18.0 Å². The number of aromatic hydroxyl groups is 1. The van der Waals surface area contributed by atoms with Crippen LogP contribution in [0.4, 0.5) is 18.9 Å². The highest BCUT2D eigenvalue weighted by Crippen LogP contribution is 2.26. The van der Waals surface area contributed by atoms with Gasteiger partial charge < -0.3 is 15.2 Å². The van der Waals surface area contributed by atoms with Crippen LogP contribution in [0, 0.1) is 17.5 Å². The van der Waals surface area contributed by atoms with E-state index >= 15 is 0 Å². The molecular formula is C20H14F3NO4. The van der Waals surface area contributed by atoms with Crippen molar-refractivity contribution in [2.75, 3.05) is 5.32 Å². The number of fused-ring (bicyclic) bond motifs is 1. The molecule has 0 fully saturated rings. The van der Waals surface area contributed by atoms with Gasteiger partial charge in [0.15, 0.2) is 23.6 Å². The van der Waals surface area contributed by atoms with E-state index in [9.17, 15) is 27.9 Å². The average Bonchev–Trinajstić information content (AvgIpc) is 2.67. The van der Waals surface area contributed by atoms with E-state index in [1.165, 1.54) is 19.1 Å². The zero-order valence-electron chi connectivity index (χ0n) is 14.5. The van der Waals surface area contributed by atoms with E-state index in [4.69, 9.17) is 4.74 Å². The van der Waals surface area contributed by atoms with E-state index in [0.29, 0.717) is 16.8 Å². The number of anilines is 1. The average molecular weight is 389 g/mol. The summed E-state index contributed by atoms with van der Waals surface area (Å²) in [5.74, 6) is -6.97. The Labute approximate surface area is 157 Å². The van der Waals surface area contributed by atoms with Gasteiger partial charge in [0.05, 0.1) is 5.69 Å². The fourth-order valence-corrected chi connectivity index (χ4v) is 2.53. The Morgan fingerprint density at radius 3 is 2.32 bits per heavy atom. The Bertz CT molecular complexity index is 1080. The summed E-state index contributed by atoms with van der Waals surface area (Å²) in [7, 11) is 0. The highest BCUT2D eigenvalue weighted by atomic mass is 19.2. The number of benzene rings is 3. The minimum absolute atomic E-state index is 0.155. The quantitative estimate of drug-likeness (QED) is 0.519. The SMILES string of the molecule is CC(OC(=O)c1cc2ccccc2cc1O)C(=O)Nc1ccc(F)c(F)c1F. The van der Waals surface area contributed by atoms with Gasteiger partial charge in [0.25, 0.3) is 5.91 Å². The predicted molar refractivity (Wildman–Crippen MR) is 95.4 cm³/mol. The normalized spacial score (nSPS) is 11.9. The second-order valence-electron chi connectivity index (χ2n) is 5.98. The first-order valence-corrected chi connectivity index (χ1v) is 8.15. The zero-order chi connectivity index (χ0) is 20.4. The van der Waals surface area contributed by atoms with Crippen LogP contribution < -0.4 is 5.32 Å². The largest absolute Gasteiger partial charge is 0.507 e. The van der Waals surface area contributed by atoms with Crippen molar-refractivity contribution < 1.29 is 32.6 Å². The molecule has 0 aliphatic carbocycles. The number of rotatable bonds is 4. The maximum Gasteiger partial charge on any atom is 0.342 e. The number of hydrogen-bond donors (Lipinski definition) is 2. The van der Waals surface area contributed by atoms with Crippen LogP contribution in [0.3, 0.4) is 0 Å². The molecule has 3 aromatic rings. The number of nitrogens with one attached hydrogen (secondary N) is 1. The van der Waals surface area contributed by atoms with Crippen molar-refractivity contribution in [3.63, 3.8) is 0 Å². The van der Waals surface area contributed by atoms with Crippen molar-refractivity contribution in [1.82, 2.24) is 0 Å². The molecule has 3 aromatic carbocycles. The van der Waals surface area contributed by atoms with Crippen molar-refractivity contribution in [2.45, 2.75) is 13.0 Å². The van der Waals surface area contributed by atoms with Crippen LogP contribution in [0.5, 0.6) is 5.75 Å². The van der Waals surface area contributed by atoms with Gasteiger partial charge in [-0.15, -0.1) is 0 Å². The number of halogens is 3. The van der Waals surface area contributed by atoms with Crippen molar-refractivity contribution in [3.05, 3.63) is 71.5 Å². The molecule has 0 aromatic heterocycles. The highest BCUT2D eigenvalue weighted by molar-refractivity contribution is 6.01. The molecule has 2 N–H and O–H groups in total. The first-order chi connectivity index (χ1) is 13.3. The second kappa shape index (κ2) is 7.59. The minimum Gasteiger partial charge on any atom is -0.507 e. The fourth-order valence-electron chi connectivity index (χ4n) is 2.53. The van der Waals surface area contributed by atoms with Crippen molar-refractivity contribution >= 4 is 28.3 Å². The number of carbonyl (C=O) groups excluding carboxylic acids is 2. The molecule has 0 saturated carbocycles. The molecule has 0 saturated heterocycles. The number of phenols is 1. The van der Waals surface area contributed by atoms with Crippen LogP contribution in [0.15, 0.2) is 48.5 Å². The van der Waals surface area contributed by atoms with E-state index in [1.54, 1.807) is 24.3 Å². The number of hydrogen-bond acceptors (Lipinski definition) is 4. The second-order valence-corrected chi connectivity index (χ2v) is 5.98. The van der Waals surface area contributed by atoms with Gasteiger partial charge in [0, 0.05) is 0 Å². The monoisotopic (exact) mass is 389 g/mol. The van der Waals surface area contributed by atoms with Crippen molar-refractivity contribution in [1.29, 1.82) is 0 Å². The summed E-state index contributed by atoms with van der Waals surface area (Å²) in [5.41, 5.74) is -0.752. The maximum absolute atomic E-state index is 13.6. The zero-order valence-corrected chi connectivity index (χ0v) is 14.5. The molecule has 0 aliphatic heterocycles. The van der Waals surface area contributed by atoms with E-state index in [1.807, 2.05) is 5.32 Å². The minimum atomic E-state index is -1.73. The third-order valence-electron chi connectivity index (χ3n) is 4.03. The number of ether oxygens (including phenoxy) is 1. The lowest BCUT2D eigenvalue weighted by molar-refractivity contribution is -0.123. The first kappa shape index (κ1) is 19.2. The van der Waals surface area contributed by atoms with Crippen LogP contribution in [0.25, 0.3) is 10.8 Å². The highest BCUT2D eigenvalue weighted by Gasteiger charge is 2.23. The van der Waals surface area contributed by atoms with E-state index in [-0.39, 0.29) is 11.3 Å². The molecule has 3 rings (SSSR count). The van der Waals surface area contributed by atoms with Crippen LogP contribution in [0.1, 0.15) is 17.3 Å². The summed E-state index contributed by atoms with van der Waals surface area (Å²) in [6.45, 7) is 1.21. The van der Waals surface area contributed by atoms with Crippen LogP contribution >= 0.6 is 0 Å². The molecule has 0 aliphatic rings. The molecule has 0 heterocycles. The maximum atomic E-state index is 13.6. The number of carbonyl (C=O) groups is 2. The summed E-state index contributed by atoms with van der Waals surface area (Å²) < 4.78 is 44.8. The smallest absolute Gasteiger partial charge is 0.342 e. The third kappa shape index (κ3) is 3.75. The molecule has 0 radical (unpaired) electrons. The van der Waals surface area contributed by atoms with Crippen LogP contribution in [-0.4, -0.2) is 23.1 Å². The molecule has 8 heteroatoms. The molecule has 5 nitrogen and oxygen atoms in total. The van der Waals surface area contributed by atoms with Gasteiger partial charge >= 0.3 is 5.97 Å². The fraction of sp³-hybridized carbons (Fsp3) is 0.100. The Morgan fingerprint density at radius 1 is 1.00 bits per heavy atom. The van der Waals surface area contributed by atoms with E-state index in [2.05, 4.69) is 0 Å². The van der Waals surface area contributed by atoms with Gasteiger partial charge in [0.1, 0.15) is 11.3 Å². The Balaban J connectivity index is 1.74. The topological polar surface area (TPSA) is 75.6 Å². The van der Waals surface area contributed by atoms with E-state index < -0.39 is 41.1 Å². The Kier molecular flexibility index (Phi) is 5.21. The number of amides is 1. The van der Waals surface area contributed by atoms with Crippen molar-refractivity contribution in [2.24, 2.45) is 0 Å². The van der Waals surface area contributed by atoms with Crippen molar-refractivity contribution in [3.8, 4) is 5.75 Å². The summed E-state index contributed by atoms with van der Waals surface area (Å²) >= 11 is 0. The lowest BCUT2D eigenvalue weighted by atomic mass is 10.1. The lowest BCUT2D eigenvalue weighted by Crippen LogP contribution is -2.30. The molecular weight excluding hydrogens is 375 g/mol. The number of esters is 1. The predicted octanol–water partition coefficient (Wildman–Crippen LogP) is 4.15.